The van der Waals surface area contributed by atoms with Crippen molar-refractivity contribution in [2.24, 2.45) is 4.99 Å². The number of ether oxygens (including phenoxy) is 1. The van der Waals surface area contributed by atoms with Crippen molar-refractivity contribution in [3.63, 3.8) is 0 Å². The molecule has 3 N–H and O–H groups in total. The van der Waals surface area contributed by atoms with E-state index in [1.807, 2.05) is 19.0 Å². The molecule has 30 heavy (non-hydrogen) atoms. The third-order valence-corrected chi connectivity index (χ3v) is 6.51. The fourth-order valence-corrected chi connectivity index (χ4v) is 4.41. The Bertz CT molecular complexity index is 801. The van der Waals surface area contributed by atoms with Gasteiger partial charge in [-0.3, -0.25) is 4.99 Å². The first-order valence-electron chi connectivity index (χ1n) is 10.5. The van der Waals surface area contributed by atoms with Crippen LogP contribution in [0.15, 0.2) is 40.7 Å². The molecule has 2 aromatic rings. The zero-order valence-electron chi connectivity index (χ0n) is 18.4. The van der Waals surface area contributed by atoms with Crippen LogP contribution >= 0.6 is 11.3 Å². The SMILES string of the molecule is CN=C(NCc1csc(N(C)C)n1)NCC1(NC(C)c2ccccc2)CCOCC1. The van der Waals surface area contributed by atoms with Crippen molar-refractivity contribution in [2.75, 3.05) is 45.8 Å². The van der Waals surface area contributed by atoms with Crippen molar-refractivity contribution in [1.82, 2.24) is 20.9 Å². The van der Waals surface area contributed by atoms with Gasteiger partial charge in [0.2, 0.25) is 0 Å². The highest BCUT2D eigenvalue weighted by Crippen LogP contribution is 2.25. The van der Waals surface area contributed by atoms with E-state index >= 15 is 0 Å². The summed E-state index contributed by atoms with van der Waals surface area (Å²) in [5, 5.41) is 13.9. The summed E-state index contributed by atoms with van der Waals surface area (Å²) in [5.41, 5.74) is 2.28. The molecule has 1 fully saturated rings. The standard InChI is InChI=1S/C22H34N6OS/c1-17(18-8-6-5-7-9-18)27-22(10-12-29-13-11-22)16-25-20(23-2)24-14-19-15-30-21(26-19)28(3)4/h5-9,15,17,27H,10-14,16H2,1-4H3,(H2,23,24,25). The van der Waals surface area contributed by atoms with E-state index in [1.165, 1.54) is 5.56 Å². The first kappa shape index (κ1) is 22.5. The highest BCUT2D eigenvalue weighted by molar-refractivity contribution is 7.13. The van der Waals surface area contributed by atoms with Gasteiger partial charge < -0.3 is 25.6 Å². The summed E-state index contributed by atoms with van der Waals surface area (Å²) in [7, 11) is 5.82. The Morgan fingerprint density at radius 1 is 1.23 bits per heavy atom. The van der Waals surface area contributed by atoms with Gasteiger partial charge in [-0.1, -0.05) is 30.3 Å². The highest BCUT2D eigenvalue weighted by atomic mass is 32.1. The zero-order chi connectivity index (χ0) is 21.4. The summed E-state index contributed by atoms with van der Waals surface area (Å²) < 4.78 is 5.65. The van der Waals surface area contributed by atoms with E-state index in [9.17, 15) is 0 Å². The summed E-state index contributed by atoms with van der Waals surface area (Å²) in [6.07, 6.45) is 1.93. The number of nitrogens with one attached hydrogen (secondary N) is 3. The van der Waals surface area contributed by atoms with Crippen LogP contribution in [0, 0.1) is 0 Å². The van der Waals surface area contributed by atoms with Gasteiger partial charge in [-0.05, 0) is 25.3 Å². The third kappa shape index (κ3) is 6.17. The van der Waals surface area contributed by atoms with E-state index < -0.39 is 0 Å². The molecule has 1 aromatic heterocycles. The highest BCUT2D eigenvalue weighted by Gasteiger charge is 2.34. The molecule has 1 aliphatic rings. The quantitative estimate of drug-likeness (QED) is 0.442. The fraction of sp³-hybridized carbons (Fsp3) is 0.545. The van der Waals surface area contributed by atoms with Crippen LogP contribution in [0.4, 0.5) is 5.13 Å². The molecule has 7 nitrogen and oxygen atoms in total. The second-order valence-corrected chi connectivity index (χ2v) is 8.80. The Labute approximate surface area is 184 Å². The van der Waals surface area contributed by atoms with Crippen LogP contribution in [0.2, 0.25) is 0 Å². The molecule has 0 spiro atoms. The number of rotatable bonds is 8. The number of hydrogen-bond donors (Lipinski definition) is 3. The molecule has 1 unspecified atom stereocenters. The van der Waals surface area contributed by atoms with Crippen LogP contribution in [0.5, 0.6) is 0 Å². The van der Waals surface area contributed by atoms with Gasteiger partial charge >= 0.3 is 0 Å². The number of benzene rings is 1. The second-order valence-electron chi connectivity index (χ2n) is 7.96. The van der Waals surface area contributed by atoms with Crippen LogP contribution in [0.3, 0.4) is 0 Å². The molecule has 0 aliphatic carbocycles. The molecule has 3 rings (SSSR count). The van der Waals surface area contributed by atoms with Crippen molar-refractivity contribution >= 4 is 22.4 Å². The number of thiazole rings is 1. The molecule has 1 saturated heterocycles. The lowest BCUT2D eigenvalue weighted by Crippen LogP contribution is -2.58. The normalized spacial score (nSPS) is 17.4. The molecule has 1 aromatic carbocycles. The van der Waals surface area contributed by atoms with Crippen molar-refractivity contribution in [1.29, 1.82) is 0 Å². The van der Waals surface area contributed by atoms with Crippen LogP contribution in [-0.4, -0.2) is 57.4 Å². The van der Waals surface area contributed by atoms with E-state index in [0.717, 1.165) is 49.4 Å². The third-order valence-electron chi connectivity index (χ3n) is 5.45. The Hall–Kier alpha value is -2.16. The molecule has 0 saturated carbocycles. The summed E-state index contributed by atoms with van der Waals surface area (Å²) in [6.45, 7) is 5.20. The summed E-state index contributed by atoms with van der Waals surface area (Å²) in [6, 6.07) is 10.9. The number of aliphatic imine (C=N–C) groups is 1. The maximum atomic E-state index is 5.65. The molecule has 0 amide bonds. The lowest BCUT2D eigenvalue weighted by molar-refractivity contribution is 0.0355. The Morgan fingerprint density at radius 2 is 1.97 bits per heavy atom. The molecule has 0 radical (unpaired) electrons. The zero-order valence-corrected chi connectivity index (χ0v) is 19.3. The number of hydrogen-bond acceptors (Lipinski definition) is 6. The molecular formula is C22H34N6OS. The van der Waals surface area contributed by atoms with Crippen molar-refractivity contribution < 1.29 is 4.74 Å². The predicted octanol–water partition coefficient (Wildman–Crippen LogP) is 2.77. The minimum atomic E-state index is -0.0378. The fourth-order valence-electron chi connectivity index (χ4n) is 3.65. The Kier molecular flexibility index (Phi) is 8.07. The molecule has 164 valence electrons. The molecule has 1 atom stereocenters. The summed E-state index contributed by atoms with van der Waals surface area (Å²) in [5.74, 6) is 0.787. The summed E-state index contributed by atoms with van der Waals surface area (Å²) in [4.78, 5) is 11.0. The Balaban J connectivity index is 1.58. The number of aromatic nitrogens is 1. The lowest BCUT2D eigenvalue weighted by atomic mass is 9.88. The molecule has 8 heteroatoms. The van der Waals surface area contributed by atoms with E-state index in [0.29, 0.717) is 6.54 Å². The van der Waals surface area contributed by atoms with E-state index in [-0.39, 0.29) is 11.6 Å². The maximum absolute atomic E-state index is 5.65. The smallest absolute Gasteiger partial charge is 0.191 e. The molecule has 1 aliphatic heterocycles. The topological polar surface area (TPSA) is 73.8 Å². The first-order chi connectivity index (χ1) is 14.5. The largest absolute Gasteiger partial charge is 0.381 e. The number of guanidine groups is 1. The van der Waals surface area contributed by atoms with Crippen LogP contribution in [0.25, 0.3) is 0 Å². The average Bonchev–Trinajstić information content (AvgIpc) is 3.25. The van der Waals surface area contributed by atoms with Crippen LogP contribution in [0.1, 0.15) is 37.1 Å². The van der Waals surface area contributed by atoms with E-state index in [1.54, 1.807) is 18.4 Å². The van der Waals surface area contributed by atoms with Crippen molar-refractivity contribution in [3.05, 3.63) is 47.0 Å². The average molecular weight is 431 g/mol. The molecule has 0 bridgehead atoms. The van der Waals surface area contributed by atoms with Gasteiger partial charge in [0.15, 0.2) is 11.1 Å². The van der Waals surface area contributed by atoms with Crippen molar-refractivity contribution in [3.8, 4) is 0 Å². The number of anilines is 1. The Morgan fingerprint density at radius 3 is 2.60 bits per heavy atom. The first-order valence-corrected chi connectivity index (χ1v) is 11.4. The van der Waals surface area contributed by atoms with Gasteiger partial charge in [0, 0.05) is 57.9 Å². The lowest BCUT2D eigenvalue weighted by Gasteiger charge is -2.41. The van der Waals surface area contributed by atoms with E-state index in [4.69, 9.17) is 4.74 Å². The minimum absolute atomic E-state index is 0.0378. The van der Waals surface area contributed by atoms with Crippen LogP contribution in [-0.2, 0) is 11.3 Å². The minimum Gasteiger partial charge on any atom is -0.381 e. The molecule has 2 heterocycles. The van der Waals surface area contributed by atoms with Gasteiger partial charge in [-0.2, -0.15) is 0 Å². The van der Waals surface area contributed by atoms with Gasteiger partial charge in [0.05, 0.1) is 12.2 Å². The second kappa shape index (κ2) is 10.7. The van der Waals surface area contributed by atoms with E-state index in [2.05, 4.69) is 68.6 Å². The van der Waals surface area contributed by atoms with Gasteiger partial charge in [-0.15, -0.1) is 11.3 Å². The monoisotopic (exact) mass is 430 g/mol. The number of nitrogens with zero attached hydrogens (tertiary/aromatic N) is 3. The van der Waals surface area contributed by atoms with Crippen LogP contribution < -0.4 is 20.9 Å². The molecular weight excluding hydrogens is 396 g/mol. The summed E-state index contributed by atoms with van der Waals surface area (Å²) >= 11 is 1.65. The van der Waals surface area contributed by atoms with Gasteiger partial charge in [0.25, 0.3) is 0 Å². The van der Waals surface area contributed by atoms with Crippen molar-refractivity contribution in [2.45, 2.75) is 37.9 Å². The maximum Gasteiger partial charge on any atom is 0.191 e. The predicted molar refractivity (Wildman–Crippen MR) is 125 cm³/mol. The van der Waals surface area contributed by atoms with Gasteiger partial charge in [0.1, 0.15) is 0 Å². The van der Waals surface area contributed by atoms with Gasteiger partial charge in [-0.25, -0.2) is 4.98 Å².